The van der Waals surface area contributed by atoms with Gasteiger partial charge >= 0.3 is 11.9 Å². The number of carbonyl (C=O) groups is 4. The van der Waals surface area contributed by atoms with Crippen molar-refractivity contribution in [2.24, 2.45) is 0 Å². The van der Waals surface area contributed by atoms with E-state index >= 15 is 0 Å². The zero-order valence-electron chi connectivity index (χ0n) is 11.3. The van der Waals surface area contributed by atoms with Gasteiger partial charge in [-0.15, -0.1) is 0 Å². The number of amides is 2. The summed E-state index contributed by atoms with van der Waals surface area (Å²) in [6.45, 7) is 5.48. The van der Waals surface area contributed by atoms with Crippen LogP contribution in [-0.4, -0.2) is 42.6 Å². The maximum absolute atomic E-state index is 11.7. The molecule has 108 valence electrons. The van der Waals surface area contributed by atoms with E-state index in [2.05, 4.69) is 15.4 Å². The molecule has 0 aromatic carbocycles. The molecule has 0 aliphatic carbocycles. The lowest BCUT2D eigenvalue weighted by atomic mass is 10.3. The number of carbonyl (C=O) groups excluding carboxylic acids is 4. The molecule has 2 N–H and O–H groups in total. The molecule has 0 unspecified atom stereocenters. The molecule has 2 atom stereocenters. The zero-order valence-corrected chi connectivity index (χ0v) is 11.3. The van der Waals surface area contributed by atoms with Gasteiger partial charge in [-0.05, 0) is 13.8 Å². The second kappa shape index (κ2) is 8.06. The average Bonchev–Trinajstić information content (AvgIpc) is 2.26. The van der Waals surface area contributed by atoms with Crippen LogP contribution in [0.25, 0.3) is 0 Å². The molecule has 0 bridgehead atoms. The highest BCUT2D eigenvalue weighted by Crippen LogP contribution is 1.94. The van der Waals surface area contributed by atoms with Gasteiger partial charge in [-0.1, -0.05) is 0 Å². The van der Waals surface area contributed by atoms with E-state index in [9.17, 15) is 19.2 Å². The van der Waals surface area contributed by atoms with Crippen molar-refractivity contribution >= 4 is 23.8 Å². The Labute approximate surface area is 110 Å². The van der Waals surface area contributed by atoms with Gasteiger partial charge in [0.05, 0.1) is 6.61 Å². The third-order valence-electron chi connectivity index (χ3n) is 1.86. The van der Waals surface area contributed by atoms with E-state index in [4.69, 9.17) is 4.74 Å². The molecule has 0 spiro atoms. The second-order valence-corrected chi connectivity index (χ2v) is 3.67. The lowest BCUT2D eigenvalue weighted by Crippen LogP contribution is -2.52. The van der Waals surface area contributed by atoms with Gasteiger partial charge in [0.1, 0.15) is 6.04 Å². The predicted molar refractivity (Wildman–Crippen MR) is 63.6 cm³/mol. The predicted octanol–water partition coefficient (Wildman–Crippen LogP) is -0.920. The molecular formula is C11H18N2O6. The topological polar surface area (TPSA) is 111 Å². The fourth-order valence-corrected chi connectivity index (χ4v) is 1.11. The SMILES string of the molecule is CCOC(=O)[C@H](C)NC(=O)[C@@H](NC(C)=O)OC(C)=O. The van der Waals surface area contributed by atoms with Crippen LogP contribution in [0.15, 0.2) is 0 Å². The third kappa shape index (κ3) is 7.02. The monoisotopic (exact) mass is 274 g/mol. The van der Waals surface area contributed by atoms with Crippen LogP contribution >= 0.6 is 0 Å². The molecule has 0 saturated carbocycles. The van der Waals surface area contributed by atoms with Crippen molar-refractivity contribution in [3.8, 4) is 0 Å². The molecule has 0 aromatic rings. The second-order valence-electron chi connectivity index (χ2n) is 3.67. The molecule has 2 amide bonds. The van der Waals surface area contributed by atoms with Gasteiger partial charge in [0.15, 0.2) is 0 Å². The van der Waals surface area contributed by atoms with Crippen molar-refractivity contribution in [2.45, 2.75) is 40.0 Å². The van der Waals surface area contributed by atoms with Gasteiger partial charge in [-0.3, -0.25) is 14.4 Å². The molecule has 0 heterocycles. The Morgan fingerprint density at radius 1 is 1.11 bits per heavy atom. The Kier molecular flexibility index (Phi) is 7.16. The highest BCUT2D eigenvalue weighted by molar-refractivity contribution is 5.90. The van der Waals surface area contributed by atoms with Crippen LogP contribution in [-0.2, 0) is 28.7 Å². The fourth-order valence-electron chi connectivity index (χ4n) is 1.11. The summed E-state index contributed by atoms with van der Waals surface area (Å²) in [7, 11) is 0. The number of hydrogen-bond acceptors (Lipinski definition) is 6. The van der Waals surface area contributed by atoms with Crippen molar-refractivity contribution in [3.05, 3.63) is 0 Å². The summed E-state index contributed by atoms with van der Waals surface area (Å²) >= 11 is 0. The maximum Gasteiger partial charge on any atom is 0.328 e. The minimum absolute atomic E-state index is 0.179. The quantitative estimate of drug-likeness (QED) is 0.478. The standard InChI is InChI=1S/C11H18N2O6/c1-5-18-11(17)6(2)12-9(16)10(13-7(3)14)19-8(4)15/h6,10H,5H2,1-4H3,(H,12,16)(H,13,14)/t6-,10-/m0/s1. The van der Waals surface area contributed by atoms with E-state index in [0.717, 1.165) is 6.92 Å². The smallest absolute Gasteiger partial charge is 0.328 e. The van der Waals surface area contributed by atoms with E-state index in [-0.39, 0.29) is 6.61 Å². The Balaban J connectivity index is 4.58. The van der Waals surface area contributed by atoms with E-state index < -0.39 is 36.0 Å². The summed E-state index contributed by atoms with van der Waals surface area (Å²) in [5.74, 6) is -2.73. The van der Waals surface area contributed by atoms with Crippen molar-refractivity contribution in [2.75, 3.05) is 6.61 Å². The molecule has 0 fully saturated rings. The summed E-state index contributed by atoms with van der Waals surface area (Å²) in [4.78, 5) is 44.7. The number of esters is 2. The van der Waals surface area contributed by atoms with Crippen LogP contribution in [0, 0.1) is 0 Å². The fraction of sp³-hybridized carbons (Fsp3) is 0.636. The molecule has 8 nitrogen and oxygen atoms in total. The molecule has 0 rings (SSSR count). The molecule has 8 heteroatoms. The van der Waals surface area contributed by atoms with Gasteiger partial charge in [-0.2, -0.15) is 0 Å². The highest BCUT2D eigenvalue weighted by atomic mass is 16.6. The van der Waals surface area contributed by atoms with Crippen molar-refractivity contribution in [3.63, 3.8) is 0 Å². The Morgan fingerprint density at radius 2 is 1.68 bits per heavy atom. The van der Waals surface area contributed by atoms with Crippen LogP contribution in [0.1, 0.15) is 27.7 Å². The summed E-state index contributed by atoms with van der Waals surface area (Å²) in [6, 6.07) is -0.917. The van der Waals surface area contributed by atoms with Gasteiger partial charge in [0, 0.05) is 13.8 Å². The zero-order chi connectivity index (χ0) is 15.0. The number of hydrogen-bond donors (Lipinski definition) is 2. The minimum Gasteiger partial charge on any atom is -0.464 e. The average molecular weight is 274 g/mol. The first-order valence-corrected chi connectivity index (χ1v) is 5.69. The summed E-state index contributed by atoms with van der Waals surface area (Å²) < 4.78 is 9.33. The first-order valence-electron chi connectivity index (χ1n) is 5.69. The third-order valence-corrected chi connectivity index (χ3v) is 1.86. The molecule has 0 saturated heterocycles. The number of ether oxygens (including phenoxy) is 2. The van der Waals surface area contributed by atoms with Gasteiger partial charge in [-0.25, -0.2) is 4.79 Å². The Hall–Kier alpha value is -2.12. The van der Waals surface area contributed by atoms with Crippen molar-refractivity contribution < 1.29 is 28.7 Å². The molecule has 0 aliphatic heterocycles. The lowest BCUT2D eigenvalue weighted by Gasteiger charge is -2.19. The van der Waals surface area contributed by atoms with Crippen LogP contribution < -0.4 is 10.6 Å². The van der Waals surface area contributed by atoms with Crippen LogP contribution in [0.3, 0.4) is 0 Å². The first kappa shape index (κ1) is 16.9. The first-order chi connectivity index (χ1) is 8.77. The largest absolute Gasteiger partial charge is 0.464 e. The maximum atomic E-state index is 11.7. The van der Waals surface area contributed by atoms with Crippen molar-refractivity contribution in [1.29, 1.82) is 0 Å². The molecule has 0 aliphatic rings. The van der Waals surface area contributed by atoms with Gasteiger partial charge in [0.2, 0.25) is 5.91 Å². The van der Waals surface area contributed by atoms with E-state index in [0.29, 0.717) is 0 Å². The summed E-state index contributed by atoms with van der Waals surface area (Å²) in [5, 5.41) is 4.41. The van der Waals surface area contributed by atoms with E-state index in [1.165, 1.54) is 13.8 Å². The minimum atomic E-state index is -1.48. The van der Waals surface area contributed by atoms with Crippen molar-refractivity contribution in [1.82, 2.24) is 10.6 Å². The summed E-state index contributed by atoms with van der Waals surface area (Å²) in [5.41, 5.74) is 0. The molecule has 19 heavy (non-hydrogen) atoms. The summed E-state index contributed by atoms with van der Waals surface area (Å²) in [6.07, 6.45) is -1.48. The van der Waals surface area contributed by atoms with Gasteiger partial charge < -0.3 is 20.1 Å². The highest BCUT2D eigenvalue weighted by Gasteiger charge is 2.26. The van der Waals surface area contributed by atoms with Gasteiger partial charge in [0.25, 0.3) is 12.1 Å². The van der Waals surface area contributed by atoms with Crippen LogP contribution in [0.4, 0.5) is 0 Å². The van der Waals surface area contributed by atoms with Crippen LogP contribution in [0.5, 0.6) is 0 Å². The van der Waals surface area contributed by atoms with E-state index in [1.807, 2.05) is 0 Å². The molecule has 0 aromatic heterocycles. The number of rotatable bonds is 6. The molecular weight excluding hydrogens is 256 g/mol. The Bertz CT molecular complexity index is 352. The normalized spacial score (nSPS) is 12.8. The number of nitrogens with one attached hydrogen (secondary N) is 2. The van der Waals surface area contributed by atoms with E-state index in [1.54, 1.807) is 6.92 Å². The Morgan fingerprint density at radius 3 is 2.11 bits per heavy atom. The lowest BCUT2D eigenvalue weighted by molar-refractivity contribution is -0.158. The molecule has 0 radical (unpaired) electrons. The van der Waals surface area contributed by atoms with Crippen LogP contribution in [0.2, 0.25) is 0 Å².